The lowest BCUT2D eigenvalue weighted by molar-refractivity contribution is 0.503. The first-order valence-corrected chi connectivity index (χ1v) is 8.47. The SMILES string of the molecule is CCCNC(Cc1ccc(I)cc1)Cc1cccc(F)c1. The zero-order valence-electron chi connectivity index (χ0n) is 12.3. The van der Waals surface area contributed by atoms with Gasteiger partial charge in [-0.05, 0) is 83.8 Å². The van der Waals surface area contributed by atoms with Crippen molar-refractivity contribution in [2.24, 2.45) is 0 Å². The van der Waals surface area contributed by atoms with Crippen LogP contribution in [0.2, 0.25) is 0 Å². The molecular formula is C18H21FIN. The summed E-state index contributed by atoms with van der Waals surface area (Å²) in [6, 6.07) is 15.9. The van der Waals surface area contributed by atoms with Crippen molar-refractivity contribution in [1.29, 1.82) is 0 Å². The molecule has 0 fully saturated rings. The number of hydrogen-bond donors (Lipinski definition) is 1. The molecule has 0 aliphatic rings. The molecule has 21 heavy (non-hydrogen) atoms. The average Bonchev–Trinajstić information content (AvgIpc) is 2.47. The monoisotopic (exact) mass is 397 g/mol. The summed E-state index contributed by atoms with van der Waals surface area (Å²) in [5.74, 6) is -0.156. The standard InChI is InChI=1S/C18H21FIN/c1-2-10-21-18(12-14-6-8-17(20)9-7-14)13-15-4-3-5-16(19)11-15/h3-9,11,18,21H,2,10,12-13H2,1H3. The van der Waals surface area contributed by atoms with Gasteiger partial charge in [0.15, 0.2) is 0 Å². The molecule has 2 rings (SSSR count). The number of benzene rings is 2. The Balaban J connectivity index is 2.04. The summed E-state index contributed by atoms with van der Waals surface area (Å²) >= 11 is 2.32. The van der Waals surface area contributed by atoms with E-state index in [-0.39, 0.29) is 5.82 Å². The van der Waals surface area contributed by atoms with E-state index in [9.17, 15) is 4.39 Å². The van der Waals surface area contributed by atoms with E-state index < -0.39 is 0 Å². The summed E-state index contributed by atoms with van der Waals surface area (Å²) in [5.41, 5.74) is 2.37. The van der Waals surface area contributed by atoms with E-state index in [1.807, 2.05) is 6.07 Å². The fourth-order valence-electron chi connectivity index (χ4n) is 2.42. The molecule has 0 aromatic heterocycles. The van der Waals surface area contributed by atoms with Crippen LogP contribution in [0.15, 0.2) is 48.5 Å². The van der Waals surface area contributed by atoms with Crippen molar-refractivity contribution in [2.45, 2.75) is 32.2 Å². The first-order chi connectivity index (χ1) is 10.2. The third-order valence-corrected chi connectivity index (χ3v) is 4.17. The van der Waals surface area contributed by atoms with Crippen LogP contribution in [0.4, 0.5) is 4.39 Å². The van der Waals surface area contributed by atoms with Gasteiger partial charge in [0.2, 0.25) is 0 Å². The second-order valence-corrected chi connectivity index (χ2v) is 6.56. The molecule has 0 saturated carbocycles. The molecular weight excluding hydrogens is 376 g/mol. The van der Waals surface area contributed by atoms with Crippen molar-refractivity contribution in [3.8, 4) is 0 Å². The number of nitrogens with one attached hydrogen (secondary N) is 1. The number of halogens is 2. The summed E-state index contributed by atoms with van der Waals surface area (Å²) in [5, 5.41) is 3.58. The highest BCUT2D eigenvalue weighted by molar-refractivity contribution is 14.1. The van der Waals surface area contributed by atoms with Crippen LogP contribution in [0.3, 0.4) is 0 Å². The molecule has 0 aliphatic heterocycles. The molecule has 0 spiro atoms. The van der Waals surface area contributed by atoms with Gasteiger partial charge in [0.1, 0.15) is 5.82 Å². The molecule has 2 aromatic carbocycles. The van der Waals surface area contributed by atoms with E-state index >= 15 is 0 Å². The van der Waals surface area contributed by atoms with Crippen molar-refractivity contribution < 1.29 is 4.39 Å². The molecule has 0 aliphatic carbocycles. The Morgan fingerprint density at radius 2 is 1.76 bits per heavy atom. The van der Waals surface area contributed by atoms with Gasteiger partial charge >= 0.3 is 0 Å². The van der Waals surface area contributed by atoms with Crippen LogP contribution in [0, 0.1) is 9.39 Å². The largest absolute Gasteiger partial charge is 0.313 e. The minimum atomic E-state index is -0.156. The van der Waals surface area contributed by atoms with Gasteiger partial charge in [0.05, 0.1) is 0 Å². The molecule has 3 heteroatoms. The first kappa shape index (κ1) is 16.4. The van der Waals surface area contributed by atoms with Gasteiger partial charge in [-0.3, -0.25) is 0 Å². The van der Waals surface area contributed by atoms with Crippen LogP contribution in [0.1, 0.15) is 24.5 Å². The Labute approximate surface area is 140 Å². The van der Waals surface area contributed by atoms with Crippen LogP contribution in [-0.2, 0) is 12.8 Å². The fourth-order valence-corrected chi connectivity index (χ4v) is 2.78. The third-order valence-electron chi connectivity index (χ3n) is 3.45. The molecule has 0 heterocycles. The highest BCUT2D eigenvalue weighted by Crippen LogP contribution is 2.13. The lowest BCUT2D eigenvalue weighted by atomic mass is 9.99. The smallest absolute Gasteiger partial charge is 0.123 e. The number of rotatable bonds is 7. The second kappa shape index (κ2) is 8.49. The van der Waals surface area contributed by atoms with Crippen LogP contribution >= 0.6 is 22.6 Å². The molecule has 1 nitrogen and oxygen atoms in total. The van der Waals surface area contributed by atoms with Crippen molar-refractivity contribution in [3.63, 3.8) is 0 Å². The third kappa shape index (κ3) is 5.75. The minimum Gasteiger partial charge on any atom is -0.313 e. The molecule has 0 amide bonds. The molecule has 0 saturated heterocycles. The topological polar surface area (TPSA) is 12.0 Å². The molecule has 112 valence electrons. The molecule has 1 atom stereocenters. The fraction of sp³-hybridized carbons (Fsp3) is 0.333. The number of hydrogen-bond acceptors (Lipinski definition) is 1. The summed E-state index contributed by atoms with van der Waals surface area (Å²) in [7, 11) is 0. The van der Waals surface area contributed by atoms with Crippen LogP contribution < -0.4 is 5.32 Å². The Kier molecular flexibility index (Phi) is 6.64. The van der Waals surface area contributed by atoms with E-state index in [0.29, 0.717) is 6.04 Å². The first-order valence-electron chi connectivity index (χ1n) is 7.39. The Hall–Kier alpha value is -0.940. The van der Waals surface area contributed by atoms with Crippen molar-refractivity contribution >= 4 is 22.6 Å². The average molecular weight is 397 g/mol. The summed E-state index contributed by atoms with van der Waals surface area (Å²) in [4.78, 5) is 0. The van der Waals surface area contributed by atoms with Crippen LogP contribution in [-0.4, -0.2) is 12.6 Å². The maximum atomic E-state index is 13.3. The zero-order chi connectivity index (χ0) is 15.1. The molecule has 1 N–H and O–H groups in total. The van der Waals surface area contributed by atoms with Crippen LogP contribution in [0.25, 0.3) is 0 Å². The Morgan fingerprint density at radius 1 is 1.05 bits per heavy atom. The van der Waals surface area contributed by atoms with Crippen LogP contribution in [0.5, 0.6) is 0 Å². The van der Waals surface area contributed by atoms with Gasteiger partial charge in [0, 0.05) is 9.61 Å². The molecule has 0 radical (unpaired) electrons. The normalized spacial score (nSPS) is 12.3. The summed E-state index contributed by atoms with van der Waals surface area (Å²) in [6.07, 6.45) is 2.92. The van der Waals surface area contributed by atoms with Gasteiger partial charge in [-0.15, -0.1) is 0 Å². The zero-order valence-corrected chi connectivity index (χ0v) is 14.4. The summed E-state index contributed by atoms with van der Waals surface area (Å²) in [6.45, 7) is 3.15. The predicted molar refractivity (Wildman–Crippen MR) is 95.0 cm³/mol. The van der Waals surface area contributed by atoms with Gasteiger partial charge in [0.25, 0.3) is 0 Å². The quantitative estimate of drug-likeness (QED) is 0.675. The van der Waals surface area contributed by atoms with E-state index in [1.54, 1.807) is 12.1 Å². The van der Waals surface area contributed by atoms with Crippen molar-refractivity contribution in [3.05, 3.63) is 69.0 Å². The van der Waals surface area contributed by atoms with Crippen molar-refractivity contribution in [1.82, 2.24) is 5.32 Å². The Bertz CT molecular complexity index is 553. The van der Waals surface area contributed by atoms with E-state index in [0.717, 1.165) is 31.4 Å². The van der Waals surface area contributed by atoms with Gasteiger partial charge in [-0.25, -0.2) is 4.39 Å². The second-order valence-electron chi connectivity index (χ2n) is 5.32. The van der Waals surface area contributed by atoms with Crippen molar-refractivity contribution in [2.75, 3.05) is 6.54 Å². The summed E-state index contributed by atoms with van der Waals surface area (Å²) < 4.78 is 14.6. The Morgan fingerprint density at radius 3 is 2.43 bits per heavy atom. The highest BCUT2D eigenvalue weighted by atomic mass is 127. The van der Waals surface area contributed by atoms with Gasteiger partial charge < -0.3 is 5.32 Å². The molecule has 0 bridgehead atoms. The predicted octanol–water partition coefficient (Wildman–Crippen LogP) is 4.58. The molecule has 1 unspecified atom stereocenters. The van der Waals surface area contributed by atoms with Gasteiger partial charge in [-0.2, -0.15) is 0 Å². The van der Waals surface area contributed by atoms with E-state index in [2.05, 4.69) is 59.1 Å². The minimum absolute atomic E-state index is 0.156. The maximum absolute atomic E-state index is 13.3. The highest BCUT2D eigenvalue weighted by Gasteiger charge is 2.10. The maximum Gasteiger partial charge on any atom is 0.123 e. The molecule has 2 aromatic rings. The lowest BCUT2D eigenvalue weighted by Crippen LogP contribution is -2.33. The lowest BCUT2D eigenvalue weighted by Gasteiger charge is -2.19. The van der Waals surface area contributed by atoms with E-state index in [1.165, 1.54) is 15.2 Å². The van der Waals surface area contributed by atoms with Gasteiger partial charge in [-0.1, -0.05) is 31.2 Å². The van der Waals surface area contributed by atoms with E-state index in [4.69, 9.17) is 0 Å².